The summed E-state index contributed by atoms with van der Waals surface area (Å²) in [6.07, 6.45) is 13.1. The van der Waals surface area contributed by atoms with E-state index >= 15 is 0 Å². The summed E-state index contributed by atoms with van der Waals surface area (Å²) < 4.78 is 0. The molecule has 0 aromatic carbocycles. The second-order valence-corrected chi connectivity index (χ2v) is 6.19. The lowest BCUT2D eigenvalue weighted by atomic mass is 9.87. The minimum absolute atomic E-state index is 0.281. The van der Waals surface area contributed by atoms with E-state index in [1.807, 2.05) is 0 Å². The van der Waals surface area contributed by atoms with Gasteiger partial charge in [-0.1, -0.05) is 79.1 Å². The van der Waals surface area contributed by atoms with Crippen LogP contribution in [0.5, 0.6) is 0 Å². The van der Waals surface area contributed by atoms with Crippen LogP contribution in [0.15, 0.2) is 0 Å². The lowest BCUT2D eigenvalue weighted by Crippen LogP contribution is -2.21. The Morgan fingerprint density at radius 3 is 1.50 bits per heavy atom. The summed E-state index contributed by atoms with van der Waals surface area (Å²) in [6, 6.07) is 0. The van der Waals surface area contributed by atoms with Crippen molar-refractivity contribution in [3.05, 3.63) is 0 Å². The average Bonchev–Trinajstić information content (AvgIpc) is 2.47. The van der Waals surface area contributed by atoms with Crippen molar-refractivity contribution in [1.82, 2.24) is 0 Å². The van der Waals surface area contributed by atoms with Gasteiger partial charge in [-0.05, 0) is 24.7 Å². The van der Waals surface area contributed by atoms with E-state index in [-0.39, 0.29) is 6.10 Å². The normalized spacial score (nSPS) is 16.1. The highest BCUT2D eigenvalue weighted by atomic mass is 17.2. The van der Waals surface area contributed by atoms with Crippen molar-refractivity contribution in [2.24, 2.45) is 11.8 Å². The van der Waals surface area contributed by atoms with Crippen LogP contribution >= 0.6 is 0 Å². The van der Waals surface area contributed by atoms with E-state index in [0.717, 1.165) is 24.7 Å². The first kappa shape index (κ1) is 19.9. The van der Waals surface area contributed by atoms with Gasteiger partial charge in [0.05, 0.1) is 13.2 Å². The monoisotopic (exact) mass is 286 g/mol. The number of rotatable bonds is 14. The molecule has 0 heterocycles. The fourth-order valence-electron chi connectivity index (χ4n) is 3.02. The average molecular weight is 286 g/mol. The maximum Gasteiger partial charge on any atom is 0.0935 e. The van der Waals surface area contributed by atoms with Crippen molar-refractivity contribution in [2.75, 3.05) is 7.11 Å². The molecular weight excluding hydrogens is 248 g/mol. The molecule has 0 N–H and O–H groups in total. The molecule has 0 radical (unpaired) electrons. The van der Waals surface area contributed by atoms with Gasteiger partial charge >= 0.3 is 0 Å². The Bertz CT molecular complexity index is 176. The van der Waals surface area contributed by atoms with E-state index < -0.39 is 0 Å². The summed E-state index contributed by atoms with van der Waals surface area (Å²) in [6.45, 7) is 9.15. The molecule has 0 aliphatic carbocycles. The van der Waals surface area contributed by atoms with Crippen LogP contribution in [0.3, 0.4) is 0 Å². The summed E-state index contributed by atoms with van der Waals surface area (Å²) in [5.74, 6) is 1.58. The van der Waals surface area contributed by atoms with E-state index in [2.05, 4.69) is 27.7 Å². The zero-order chi connectivity index (χ0) is 15.2. The molecule has 0 amide bonds. The predicted molar refractivity (Wildman–Crippen MR) is 87.7 cm³/mol. The Kier molecular flexibility index (Phi) is 13.8. The zero-order valence-electron chi connectivity index (χ0n) is 14.6. The van der Waals surface area contributed by atoms with Crippen molar-refractivity contribution in [3.63, 3.8) is 0 Å². The third kappa shape index (κ3) is 9.77. The first-order chi connectivity index (χ1) is 9.71. The summed E-state index contributed by atoms with van der Waals surface area (Å²) in [7, 11) is 1.65. The molecule has 0 saturated heterocycles. The lowest BCUT2D eigenvalue weighted by molar-refractivity contribution is -0.310. The van der Waals surface area contributed by atoms with Gasteiger partial charge in [0.15, 0.2) is 0 Å². The van der Waals surface area contributed by atoms with Crippen molar-refractivity contribution < 1.29 is 9.78 Å². The van der Waals surface area contributed by atoms with Crippen LogP contribution < -0.4 is 0 Å². The Labute approximate surface area is 127 Å². The zero-order valence-corrected chi connectivity index (χ0v) is 14.6. The third-order valence-corrected chi connectivity index (χ3v) is 4.51. The van der Waals surface area contributed by atoms with Crippen LogP contribution in [0.4, 0.5) is 0 Å². The molecule has 0 saturated carbocycles. The van der Waals surface area contributed by atoms with Gasteiger partial charge in [0.1, 0.15) is 0 Å². The molecule has 2 heteroatoms. The van der Waals surface area contributed by atoms with Gasteiger partial charge in [0.2, 0.25) is 0 Å². The van der Waals surface area contributed by atoms with E-state index in [0.29, 0.717) is 0 Å². The summed E-state index contributed by atoms with van der Waals surface area (Å²) in [4.78, 5) is 10.6. The molecule has 0 aromatic heterocycles. The van der Waals surface area contributed by atoms with Gasteiger partial charge in [0, 0.05) is 0 Å². The van der Waals surface area contributed by atoms with Crippen molar-refractivity contribution in [1.29, 1.82) is 0 Å². The van der Waals surface area contributed by atoms with Crippen LogP contribution in [-0.2, 0) is 9.78 Å². The molecule has 0 aromatic rings. The van der Waals surface area contributed by atoms with Gasteiger partial charge in [-0.3, -0.25) is 0 Å². The lowest BCUT2D eigenvalue weighted by Gasteiger charge is -2.25. The largest absolute Gasteiger partial charge is 0.240 e. The fraction of sp³-hybridized carbons (Fsp3) is 1.00. The summed E-state index contributed by atoms with van der Waals surface area (Å²) in [5, 5.41) is 0. The highest BCUT2D eigenvalue weighted by Gasteiger charge is 2.20. The molecule has 2 nitrogen and oxygen atoms in total. The molecule has 122 valence electrons. The minimum Gasteiger partial charge on any atom is -0.240 e. The number of hydrogen-bond donors (Lipinski definition) is 0. The predicted octanol–water partition coefficient (Wildman–Crippen LogP) is 6.15. The van der Waals surface area contributed by atoms with Crippen LogP contribution in [-0.4, -0.2) is 13.2 Å². The van der Waals surface area contributed by atoms with Gasteiger partial charge in [-0.25, -0.2) is 9.78 Å². The van der Waals surface area contributed by atoms with Gasteiger partial charge in [0.25, 0.3) is 0 Å². The van der Waals surface area contributed by atoms with E-state index in [1.54, 1.807) is 7.11 Å². The van der Waals surface area contributed by atoms with Crippen LogP contribution in [0.1, 0.15) is 91.9 Å². The molecule has 0 aliphatic heterocycles. The smallest absolute Gasteiger partial charge is 0.0935 e. The SMILES string of the molecule is CCCCC(CC)CC(CC(CC)CCCC)OOC. The maximum atomic E-state index is 5.57. The Morgan fingerprint density at radius 2 is 1.20 bits per heavy atom. The Morgan fingerprint density at radius 1 is 0.750 bits per heavy atom. The minimum atomic E-state index is 0.281. The van der Waals surface area contributed by atoms with Crippen molar-refractivity contribution >= 4 is 0 Å². The third-order valence-electron chi connectivity index (χ3n) is 4.51. The highest BCUT2D eigenvalue weighted by molar-refractivity contribution is 4.70. The van der Waals surface area contributed by atoms with Crippen LogP contribution in [0.25, 0.3) is 0 Å². The Hall–Kier alpha value is -0.0800. The molecular formula is C18H38O2. The van der Waals surface area contributed by atoms with Gasteiger partial charge < -0.3 is 0 Å². The molecule has 2 atom stereocenters. The topological polar surface area (TPSA) is 18.5 Å². The maximum absolute atomic E-state index is 5.57. The molecule has 0 spiro atoms. The molecule has 0 fully saturated rings. The molecule has 0 bridgehead atoms. The van der Waals surface area contributed by atoms with Gasteiger partial charge in [-0.2, -0.15) is 0 Å². The van der Waals surface area contributed by atoms with Crippen molar-refractivity contribution in [2.45, 2.75) is 98.0 Å². The van der Waals surface area contributed by atoms with Crippen LogP contribution in [0, 0.1) is 11.8 Å². The molecule has 0 rings (SSSR count). The molecule has 2 unspecified atom stereocenters. The van der Waals surface area contributed by atoms with E-state index in [9.17, 15) is 0 Å². The van der Waals surface area contributed by atoms with E-state index in [4.69, 9.17) is 9.78 Å². The first-order valence-electron chi connectivity index (χ1n) is 8.91. The number of unbranched alkanes of at least 4 members (excludes halogenated alkanes) is 2. The standard InChI is InChI=1S/C18H38O2/c1-6-10-12-16(8-3)14-18(20-19-5)15-17(9-4)13-11-7-2/h16-18H,6-15H2,1-5H3. The van der Waals surface area contributed by atoms with Gasteiger partial charge in [-0.15, -0.1) is 0 Å². The highest BCUT2D eigenvalue weighted by Crippen LogP contribution is 2.26. The van der Waals surface area contributed by atoms with Crippen LogP contribution in [0.2, 0.25) is 0 Å². The van der Waals surface area contributed by atoms with E-state index in [1.165, 1.54) is 51.4 Å². The second-order valence-electron chi connectivity index (χ2n) is 6.19. The quantitative estimate of drug-likeness (QED) is 0.282. The molecule has 0 aliphatic rings. The summed E-state index contributed by atoms with van der Waals surface area (Å²) in [5.41, 5.74) is 0. The first-order valence-corrected chi connectivity index (χ1v) is 8.91. The fourth-order valence-corrected chi connectivity index (χ4v) is 3.02. The number of hydrogen-bond acceptors (Lipinski definition) is 2. The second kappa shape index (κ2) is 13.9. The van der Waals surface area contributed by atoms with Crippen molar-refractivity contribution in [3.8, 4) is 0 Å². The Balaban J connectivity index is 4.29. The molecule has 20 heavy (non-hydrogen) atoms. The summed E-state index contributed by atoms with van der Waals surface area (Å²) >= 11 is 0.